The molecule has 2 heteroatoms. The van der Waals surface area contributed by atoms with Gasteiger partial charge in [-0.05, 0) is 30.5 Å². The first-order valence-electron chi connectivity index (χ1n) is 7.68. The van der Waals surface area contributed by atoms with E-state index in [1.54, 1.807) is 0 Å². The number of hydrogen-bond acceptors (Lipinski definition) is 2. The Labute approximate surface area is 117 Å². The number of benzene rings is 1. The Hall–Kier alpha value is -1.02. The first kappa shape index (κ1) is 16.0. The monoisotopic (exact) mass is 264 g/mol. The lowest BCUT2D eigenvalue weighted by atomic mass is 10.1. The minimum absolute atomic E-state index is 0.340. The highest BCUT2D eigenvalue weighted by atomic mass is 16.5. The smallest absolute Gasteiger partial charge is 0.119 e. The molecule has 1 rings (SSSR count). The van der Waals surface area contributed by atoms with Gasteiger partial charge in [0, 0.05) is 0 Å². The molecule has 1 aromatic rings. The fraction of sp³-hybridized carbons (Fsp3) is 0.647. The Morgan fingerprint density at radius 3 is 2.26 bits per heavy atom. The van der Waals surface area contributed by atoms with Crippen LogP contribution in [0.1, 0.15) is 70.5 Å². The van der Waals surface area contributed by atoms with Crippen LogP contribution in [0.2, 0.25) is 0 Å². The van der Waals surface area contributed by atoms with Gasteiger partial charge in [-0.2, -0.15) is 0 Å². The first-order chi connectivity index (χ1) is 9.27. The van der Waals surface area contributed by atoms with E-state index in [1.807, 2.05) is 24.3 Å². The summed E-state index contributed by atoms with van der Waals surface area (Å²) in [5.74, 6) is 0.905. The van der Waals surface area contributed by atoms with Crippen LogP contribution in [0.25, 0.3) is 0 Å². The Balaban J connectivity index is 2.24. The average molecular weight is 264 g/mol. The van der Waals surface area contributed by atoms with Gasteiger partial charge >= 0.3 is 0 Å². The Kier molecular flexibility index (Phi) is 8.31. The van der Waals surface area contributed by atoms with E-state index in [0.717, 1.165) is 37.2 Å². The van der Waals surface area contributed by atoms with Crippen LogP contribution >= 0.6 is 0 Å². The Morgan fingerprint density at radius 2 is 1.63 bits per heavy atom. The molecule has 0 fully saturated rings. The molecule has 1 N–H and O–H groups in total. The van der Waals surface area contributed by atoms with Gasteiger partial charge in [0.1, 0.15) is 5.75 Å². The van der Waals surface area contributed by atoms with Crippen molar-refractivity contribution < 1.29 is 9.84 Å². The summed E-state index contributed by atoms with van der Waals surface area (Å²) in [6.45, 7) is 5.10. The van der Waals surface area contributed by atoms with Crippen molar-refractivity contribution in [1.29, 1.82) is 0 Å². The van der Waals surface area contributed by atoms with Crippen molar-refractivity contribution in [2.45, 2.75) is 64.9 Å². The van der Waals surface area contributed by atoms with Gasteiger partial charge < -0.3 is 9.84 Å². The lowest BCUT2D eigenvalue weighted by Crippen LogP contribution is -1.99. The van der Waals surface area contributed by atoms with Crippen LogP contribution in [0.5, 0.6) is 5.75 Å². The predicted octanol–water partition coefficient (Wildman–Crippen LogP) is 4.87. The molecule has 1 atom stereocenters. The molecule has 0 saturated carbocycles. The molecule has 0 aliphatic rings. The van der Waals surface area contributed by atoms with E-state index in [0.29, 0.717) is 0 Å². The van der Waals surface area contributed by atoms with Crippen molar-refractivity contribution >= 4 is 0 Å². The normalized spacial score (nSPS) is 12.4. The van der Waals surface area contributed by atoms with Crippen molar-refractivity contribution in [1.82, 2.24) is 0 Å². The van der Waals surface area contributed by atoms with Crippen LogP contribution in [0.4, 0.5) is 0 Å². The topological polar surface area (TPSA) is 29.5 Å². The summed E-state index contributed by atoms with van der Waals surface area (Å²) in [5, 5.41) is 9.87. The molecule has 108 valence electrons. The molecule has 0 bridgehead atoms. The standard InChI is InChI=1S/C17H28O2/c1-3-5-6-7-8-14-19-16-12-10-15(11-13-16)17(18)9-4-2/h10-13,17-18H,3-9,14H2,1-2H3. The Morgan fingerprint density at radius 1 is 0.947 bits per heavy atom. The molecule has 19 heavy (non-hydrogen) atoms. The molecule has 0 radical (unpaired) electrons. The van der Waals surface area contributed by atoms with Crippen molar-refractivity contribution in [2.75, 3.05) is 6.61 Å². The number of ether oxygens (including phenoxy) is 1. The van der Waals surface area contributed by atoms with Gasteiger partial charge in [-0.1, -0.05) is 58.1 Å². The van der Waals surface area contributed by atoms with Crippen LogP contribution in [0.15, 0.2) is 24.3 Å². The van der Waals surface area contributed by atoms with Crippen LogP contribution in [0, 0.1) is 0 Å². The summed E-state index contributed by atoms with van der Waals surface area (Å²) in [4.78, 5) is 0. The molecule has 0 aliphatic heterocycles. The molecule has 0 aliphatic carbocycles. The van der Waals surface area contributed by atoms with E-state index >= 15 is 0 Å². The first-order valence-corrected chi connectivity index (χ1v) is 7.68. The van der Waals surface area contributed by atoms with E-state index in [-0.39, 0.29) is 6.10 Å². The van der Waals surface area contributed by atoms with Crippen molar-refractivity contribution in [3.63, 3.8) is 0 Å². The molecule has 1 aromatic carbocycles. The highest BCUT2D eigenvalue weighted by Gasteiger charge is 2.05. The number of rotatable bonds is 10. The van der Waals surface area contributed by atoms with Gasteiger partial charge in [0.2, 0.25) is 0 Å². The quantitative estimate of drug-likeness (QED) is 0.611. The Bertz CT molecular complexity index is 319. The zero-order valence-corrected chi connectivity index (χ0v) is 12.4. The average Bonchev–Trinajstić information content (AvgIpc) is 2.43. The van der Waals surface area contributed by atoms with E-state index < -0.39 is 0 Å². The minimum atomic E-state index is -0.340. The zero-order valence-electron chi connectivity index (χ0n) is 12.4. The number of aliphatic hydroxyl groups is 1. The summed E-state index contributed by atoms with van der Waals surface area (Å²) in [7, 11) is 0. The third-order valence-electron chi connectivity index (χ3n) is 3.34. The molecule has 0 aromatic heterocycles. The fourth-order valence-corrected chi connectivity index (χ4v) is 2.12. The zero-order chi connectivity index (χ0) is 13.9. The summed E-state index contributed by atoms with van der Waals surface area (Å²) < 4.78 is 5.70. The second kappa shape index (κ2) is 9.85. The van der Waals surface area contributed by atoms with Gasteiger partial charge in [0.25, 0.3) is 0 Å². The van der Waals surface area contributed by atoms with Crippen LogP contribution in [-0.2, 0) is 0 Å². The van der Waals surface area contributed by atoms with Gasteiger partial charge in [-0.25, -0.2) is 0 Å². The van der Waals surface area contributed by atoms with Crippen molar-refractivity contribution in [3.8, 4) is 5.75 Å². The maximum atomic E-state index is 9.87. The third kappa shape index (κ3) is 6.63. The van der Waals surface area contributed by atoms with Crippen LogP contribution in [-0.4, -0.2) is 11.7 Å². The highest BCUT2D eigenvalue weighted by Crippen LogP contribution is 2.21. The number of aliphatic hydroxyl groups excluding tert-OH is 1. The summed E-state index contributed by atoms with van der Waals surface area (Å²) in [6.07, 6.45) is 7.76. The van der Waals surface area contributed by atoms with E-state index in [1.165, 1.54) is 25.7 Å². The third-order valence-corrected chi connectivity index (χ3v) is 3.34. The maximum absolute atomic E-state index is 9.87. The summed E-state index contributed by atoms with van der Waals surface area (Å²) in [6, 6.07) is 7.85. The predicted molar refractivity (Wildman–Crippen MR) is 80.6 cm³/mol. The molecule has 0 spiro atoms. The minimum Gasteiger partial charge on any atom is -0.494 e. The SMILES string of the molecule is CCCCCCCOc1ccc(C(O)CCC)cc1. The number of unbranched alkanes of at least 4 members (excludes halogenated alkanes) is 4. The second-order valence-electron chi connectivity index (χ2n) is 5.14. The molecule has 0 heterocycles. The van der Waals surface area contributed by atoms with Crippen LogP contribution in [0.3, 0.4) is 0 Å². The molecule has 1 unspecified atom stereocenters. The molecule has 2 nitrogen and oxygen atoms in total. The fourth-order valence-electron chi connectivity index (χ4n) is 2.12. The van der Waals surface area contributed by atoms with Crippen LogP contribution < -0.4 is 4.74 Å². The molecule has 0 saturated heterocycles. The molecule has 0 amide bonds. The number of hydrogen-bond donors (Lipinski definition) is 1. The van der Waals surface area contributed by atoms with E-state index in [4.69, 9.17) is 4.74 Å². The maximum Gasteiger partial charge on any atom is 0.119 e. The largest absolute Gasteiger partial charge is 0.494 e. The van der Waals surface area contributed by atoms with Gasteiger partial charge in [-0.15, -0.1) is 0 Å². The van der Waals surface area contributed by atoms with Gasteiger partial charge in [-0.3, -0.25) is 0 Å². The lowest BCUT2D eigenvalue weighted by Gasteiger charge is -2.11. The highest BCUT2D eigenvalue weighted by molar-refractivity contribution is 5.28. The van der Waals surface area contributed by atoms with Crippen molar-refractivity contribution in [3.05, 3.63) is 29.8 Å². The van der Waals surface area contributed by atoms with Gasteiger partial charge in [0.15, 0.2) is 0 Å². The second-order valence-corrected chi connectivity index (χ2v) is 5.14. The summed E-state index contributed by atoms with van der Waals surface area (Å²) in [5.41, 5.74) is 0.983. The van der Waals surface area contributed by atoms with Crippen molar-refractivity contribution in [2.24, 2.45) is 0 Å². The molecular weight excluding hydrogens is 236 g/mol. The van der Waals surface area contributed by atoms with E-state index in [2.05, 4.69) is 13.8 Å². The lowest BCUT2D eigenvalue weighted by molar-refractivity contribution is 0.166. The summed E-state index contributed by atoms with van der Waals surface area (Å²) >= 11 is 0. The molecular formula is C17H28O2. The van der Waals surface area contributed by atoms with E-state index in [9.17, 15) is 5.11 Å². The van der Waals surface area contributed by atoms with Gasteiger partial charge in [0.05, 0.1) is 12.7 Å².